The van der Waals surface area contributed by atoms with Gasteiger partial charge in [-0.2, -0.15) is 0 Å². The quantitative estimate of drug-likeness (QED) is 0.382. The number of thioether (sulfide) groups is 1. The number of piperidine rings is 1. The molecule has 1 aliphatic carbocycles. The summed E-state index contributed by atoms with van der Waals surface area (Å²) in [7, 11) is 0. The lowest BCUT2D eigenvalue weighted by Gasteiger charge is -2.33. The molecule has 11 heteroatoms. The molecule has 1 unspecified atom stereocenters. The average Bonchev–Trinajstić information content (AvgIpc) is 3.45. The van der Waals surface area contributed by atoms with Gasteiger partial charge in [0.15, 0.2) is 6.04 Å². The molecule has 2 N–H and O–H groups in total. The van der Waals surface area contributed by atoms with Crippen molar-refractivity contribution in [3.8, 4) is 0 Å². The van der Waals surface area contributed by atoms with Crippen molar-refractivity contribution in [2.45, 2.75) is 96.0 Å². The van der Waals surface area contributed by atoms with Gasteiger partial charge >= 0.3 is 6.09 Å². The third-order valence-corrected chi connectivity index (χ3v) is 10.7. The molecule has 2 aliphatic heterocycles. The van der Waals surface area contributed by atoms with Crippen LogP contribution in [-0.2, 0) is 32.0 Å². The van der Waals surface area contributed by atoms with Crippen LogP contribution in [0, 0.1) is 5.92 Å². The number of carbonyl (C=O) groups excluding carboxylic acids is 3. The van der Waals surface area contributed by atoms with Crippen LogP contribution >= 0.6 is 11.8 Å². The molecule has 1 aromatic carbocycles. The lowest BCUT2D eigenvalue weighted by molar-refractivity contribution is -0.131. The fourth-order valence-corrected chi connectivity index (χ4v) is 8.60. The first kappa shape index (κ1) is 33.0. The summed E-state index contributed by atoms with van der Waals surface area (Å²) in [6.45, 7) is 7.99. The Bertz CT molecular complexity index is 1030. The second-order valence-electron chi connectivity index (χ2n) is 12.8. The molecule has 0 aromatic heterocycles. The van der Waals surface area contributed by atoms with Gasteiger partial charge in [-0.25, -0.2) is 4.79 Å². The topological polar surface area (TPSA) is 114 Å². The molecule has 0 bridgehead atoms. The van der Waals surface area contributed by atoms with Crippen LogP contribution in [0.15, 0.2) is 30.3 Å². The van der Waals surface area contributed by atoms with E-state index in [1.54, 1.807) is 20.8 Å². The Labute approximate surface area is 258 Å². The fourth-order valence-electron chi connectivity index (χ4n) is 5.86. The SMILES string of the molecule is CC(C)(C)OC(=O)N1CSC[C@H]1C(=O)N[C@@H](C[S+]([O-])CC1CCCCC1)C(=O)NC1CCN(Cc2ccccc2)CC1. The van der Waals surface area contributed by atoms with Gasteiger partial charge in [-0.1, -0.05) is 60.8 Å². The minimum Gasteiger partial charge on any atom is -0.616 e. The molecule has 42 heavy (non-hydrogen) atoms. The summed E-state index contributed by atoms with van der Waals surface area (Å²) in [6, 6.07) is 8.70. The van der Waals surface area contributed by atoms with Crippen molar-refractivity contribution >= 4 is 40.8 Å². The highest BCUT2D eigenvalue weighted by Gasteiger charge is 2.40. The maximum atomic E-state index is 13.6. The van der Waals surface area contributed by atoms with Gasteiger partial charge in [-0.3, -0.25) is 19.4 Å². The van der Waals surface area contributed by atoms with Crippen LogP contribution in [0.4, 0.5) is 4.79 Å². The summed E-state index contributed by atoms with van der Waals surface area (Å²) in [4.78, 5) is 43.6. The van der Waals surface area contributed by atoms with E-state index >= 15 is 0 Å². The number of ether oxygens (including phenoxy) is 1. The predicted octanol–water partition coefficient (Wildman–Crippen LogP) is 3.89. The molecule has 0 spiro atoms. The van der Waals surface area contributed by atoms with E-state index < -0.39 is 40.9 Å². The van der Waals surface area contributed by atoms with Gasteiger partial charge < -0.3 is 19.9 Å². The van der Waals surface area contributed by atoms with Gasteiger partial charge in [0.2, 0.25) is 11.8 Å². The second-order valence-corrected chi connectivity index (χ2v) is 15.4. The Morgan fingerprint density at radius 1 is 1.07 bits per heavy atom. The number of nitrogens with one attached hydrogen (secondary N) is 2. The van der Waals surface area contributed by atoms with Crippen molar-refractivity contribution in [1.82, 2.24) is 20.4 Å². The smallest absolute Gasteiger partial charge is 0.411 e. The normalized spacial score (nSPS) is 22.4. The number of rotatable bonds is 10. The first-order chi connectivity index (χ1) is 20.1. The van der Waals surface area contributed by atoms with Crippen LogP contribution < -0.4 is 10.6 Å². The highest BCUT2D eigenvalue weighted by Crippen LogP contribution is 2.26. The van der Waals surface area contributed by atoms with Crippen molar-refractivity contribution in [3.05, 3.63) is 35.9 Å². The molecule has 1 saturated carbocycles. The highest BCUT2D eigenvalue weighted by atomic mass is 32.2. The van der Waals surface area contributed by atoms with Crippen LogP contribution in [0.2, 0.25) is 0 Å². The Hall–Kier alpha value is -1.95. The molecule has 3 atom stereocenters. The lowest BCUT2D eigenvalue weighted by atomic mass is 9.91. The van der Waals surface area contributed by atoms with E-state index in [-0.39, 0.29) is 17.7 Å². The van der Waals surface area contributed by atoms with Crippen molar-refractivity contribution in [1.29, 1.82) is 0 Å². The Morgan fingerprint density at radius 3 is 2.43 bits per heavy atom. The Balaban J connectivity index is 1.35. The first-order valence-corrected chi connectivity index (χ1v) is 18.0. The minimum absolute atomic E-state index is 0.00370. The molecule has 234 valence electrons. The zero-order valence-corrected chi connectivity index (χ0v) is 27.0. The average molecular weight is 621 g/mol. The van der Waals surface area contributed by atoms with E-state index in [9.17, 15) is 18.9 Å². The third kappa shape index (κ3) is 10.3. The highest BCUT2D eigenvalue weighted by molar-refractivity contribution is 7.99. The molecule has 3 fully saturated rings. The maximum absolute atomic E-state index is 13.6. The third-order valence-electron chi connectivity index (χ3n) is 8.13. The van der Waals surface area contributed by atoms with Gasteiger partial charge in [0.05, 0.1) is 5.88 Å². The standard InChI is InChI=1S/C31H48N4O5S2/c1-31(2,3)40-30(38)35-22-41-19-27(35)29(37)33-26(21-42(39)20-24-12-8-5-9-13-24)28(36)32-25-14-16-34(17-15-25)18-23-10-6-4-7-11-23/h4,6-7,10-11,24-27H,5,8-9,12-22H2,1-3H3,(H,32,36)(H,33,37)/t26-,27-,42?/m0/s1. The van der Waals surface area contributed by atoms with Crippen molar-refractivity contribution in [2.75, 3.05) is 36.2 Å². The van der Waals surface area contributed by atoms with E-state index in [1.165, 1.54) is 28.6 Å². The number of amides is 3. The number of benzene rings is 1. The predicted molar refractivity (Wildman–Crippen MR) is 168 cm³/mol. The molecule has 1 aromatic rings. The van der Waals surface area contributed by atoms with Crippen molar-refractivity contribution in [2.24, 2.45) is 5.92 Å². The Morgan fingerprint density at radius 2 is 1.76 bits per heavy atom. The van der Waals surface area contributed by atoms with Gasteiger partial charge in [-0.15, -0.1) is 11.8 Å². The largest absolute Gasteiger partial charge is 0.616 e. The zero-order chi connectivity index (χ0) is 30.1. The van der Waals surface area contributed by atoms with Crippen LogP contribution in [0.1, 0.15) is 71.3 Å². The van der Waals surface area contributed by atoms with E-state index in [0.717, 1.165) is 58.2 Å². The van der Waals surface area contributed by atoms with Crippen molar-refractivity contribution in [3.63, 3.8) is 0 Å². The summed E-state index contributed by atoms with van der Waals surface area (Å²) in [5.74, 6) is 1.11. The van der Waals surface area contributed by atoms with Gasteiger partial charge in [0.25, 0.3) is 0 Å². The molecular weight excluding hydrogens is 572 g/mol. The summed E-state index contributed by atoms with van der Waals surface area (Å²) < 4.78 is 18.8. The first-order valence-electron chi connectivity index (χ1n) is 15.4. The van der Waals surface area contributed by atoms with Crippen LogP contribution in [0.5, 0.6) is 0 Å². The number of carbonyl (C=O) groups is 3. The number of likely N-dealkylation sites (tertiary alicyclic amines) is 1. The second kappa shape index (κ2) is 15.7. The van der Waals surface area contributed by atoms with Gasteiger partial charge in [0.1, 0.15) is 23.1 Å². The van der Waals surface area contributed by atoms with Gasteiger partial charge in [-0.05, 0) is 52.0 Å². The number of hydrogen-bond donors (Lipinski definition) is 2. The fraction of sp³-hybridized carbons (Fsp3) is 0.710. The monoisotopic (exact) mass is 620 g/mol. The molecule has 0 radical (unpaired) electrons. The molecule has 3 aliphatic rings. The van der Waals surface area contributed by atoms with E-state index in [1.807, 2.05) is 18.2 Å². The van der Waals surface area contributed by atoms with E-state index in [2.05, 4.69) is 27.7 Å². The summed E-state index contributed by atoms with van der Waals surface area (Å²) in [5.41, 5.74) is 0.592. The Kier molecular flexibility index (Phi) is 12.3. The van der Waals surface area contributed by atoms with Crippen LogP contribution in [-0.4, -0.2) is 92.2 Å². The van der Waals surface area contributed by atoms with Crippen LogP contribution in [0.3, 0.4) is 0 Å². The minimum atomic E-state index is -1.25. The summed E-state index contributed by atoms with van der Waals surface area (Å²) in [5, 5.41) is 6.04. The molecule has 2 heterocycles. The number of nitrogens with zero attached hydrogens (tertiary/aromatic N) is 2. The molecule has 9 nitrogen and oxygen atoms in total. The molecule has 3 amide bonds. The van der Waals surface area contributed by atoms with E-state index in [0.29, 0.717) is 23.3 Å². The maximum Gasteiger partial charge on any atom is 0.411 e. The molecule has 4 rings (SSSR count). The molecular formula is C31H48N4O5S2. The van der Waals surface area contributed by atoms with Crippen LogP contribution in [0.25, 0.3) is 0 Å². The lowest BCUT2D eigenvalue weighted by Crippen LogP contribution is -2.58. The molecule has 2 saturated heterocycles. The summed E-state index contributed by atoms with van der Waals surface area (Å²) in [6.07, 6.45) is 6.77. The zero-order valence-electron chi connectivity index (χ0n) is 25.3. The number of hydrogen-bond acceptors (Lipinski definition) is 7. The van der Waals surface area contributed by atoms with E-state index in [4.69, 9.17) is 4.74 Å². The summed E-state index contributed by atoms with van der Waals surface area (Å²) >= 11 is 0.228. The van der Waals surface area contributed by atoms with Gasteiger partial charge in [0, 0.05) is 37.3 Å². The van der Waals surface area contributed by atoms with Crippen molar-refractivity contribution < 1.29 is 23.7 Å².